The monoisotopic (exact) mass is 280 g/mol. The number of anilines is 1. The second kappa shape index (κ2) is 5.93. The van der Waals surface area contributed by atoms with E-state index in [4.69, 9.17) is 22.1 Å². The van der Waals surface area contributed by atoms with E-state index < -0.39 is 0 Å². The summed E-state index contributed by atoms with van der Waals surface area (Å²) < 4.78 is 7.48. The summed E-state index contributed by atoms with van der Waals surface area (Å²) in [6.45, 7) is 5.34. The lowest BCUT2D eigenvalue weighted by atomic mass is 10.2. The quantitative estimate of drug-likeness (QED) is 0.855. The normalized spacial score (nSPS) is 10.9. The summed E-state index contributed by atoms with van der Waals surface area (Å²) in [5, 5.41) is 4.67. The van der Waals surface area contributed by atoms with E-state index in [1.807, 2.05) is 4.68 Å². The third-order valence-electron chi connectivity index (χ3n) is 2.58. The van der Waals surface area contributed by atoms with E-state index in [9.17, 15) is 0 Å². The smallest absolute Gasteiger partial charge is 0.164 e. The molecule has 19 heavy (non-hydrogen) atoms. The third-order valence-corrected chi connectivity index (χ3v) is 2.87. The first kappa shape index (κ1) is 13.7. The molecule has 6 heteroatoms. The summed E-state index contributed by atoms with van der Waals surface area (Å²) in [5.74, 6) is 1.74. The first-order valence-corrected chi connectivity index (χ1v) is 6.49. The Bertz CT molecular complexity index is 533. The summed E-state index contributed by atoms with van der Waals surface area (Å²) in [6.07, 6.45) is 1.52. The number of hydrogen-bond donors (Lipinski definition) is 1. The predicted molar refractivity (Wildman–Crippen MR) is 75.1 cm³/mol. The Labute approximate surface area is 117 Å². The fraction of sp³-hybridized carbons (Fsp3) is 0.385. The first-order chi connectivity index (χ1) is 9.08. The average Bonchev–Trinajstić information content (AvgIpc) is 2.75. The molecule has 0 bridgehead atoms. The van der Waals surface area contributed by atoms with Crippen LogP contribution in [0.25, 0.3) is 0 Å². The van der Waals surface area contributed by atoms with Crippen LogP contribution in [0.15, 0.2) is 24.5 Å². The lowest BCUT2D eigenvalue weighted by Gasteiger charge is -2.12. The van der Waals surface area contributed by atoms with Gasteiger partial charge in [0.25, 0.3) is 0 Å². The van der Waals surface area contributed by atoms with Crippen LogP contribution in [-0.2, 0) is 13.2 Å². The molecule has 0 atom stereocenters. The van der Waals surface area contributed by atoms with Crippen molar-refractivity contribution in [1.29, 1.82) is 0 Å². The molecule has 2 rings (SSSR count). The van der Waals surface area contributed by atoms with E-state index in [2.05, 4.69) is 23.9 Å². The number of benzene rings is 1. The van der Waals surface area contributed by atoms with E-state index in [-0.39, 0.29) is 0 Å². The lowest BCUT2D eigenvalue weighted by molar-refractivity contribution is 0.284. The SMILES string of the molecule is CC(C)Cn1ncnc1COc1c(N)cccc1Cl. The lowest BCUT2D eigenvalue weighted by Crippen LogP contribution is -2.12. The third kappa shape index (κ3) is 3.38. The highest BCUT2D eigenvalue weighted by atomic mass is 35.5. The number of nitrogens with two attached hydrogens (primary N) is 1. The average molecular weight is 281 g/mol. The summed E-state index contributed by atoms with van der Waals surface area (Å²) in [4.78, 5) is 4.19. The van der Waals surface area contributed by atoms with Gasteiger partial charge in [-0.1, -0.05) is 31.5 Å². The number of rotatable bonds is 5. The van der Waals surface area contributed by atoms with Gasteiger partial charge in [-0.25, -0.2) is 9.67 Å². The number of hydrogen-bond acceptors (Lipinski definition) is 4. The molecule has 0 unspecified atom stereocenters. The molecule has 0 amide bonds. The minimum absolute atomic E-state index is 0.292. The largest absolute Gasteiger partial charge is 0.482 e. The second-order valence-electron chi connectivity index (χ2n) is 4.70. The van der Waals surface area contributed by atoms with Crippen molar-refractivity contribution in [3.63, 3.8) is 0 Å². The number of aromatic nitrogens is 3. The Morgan fingerprint density at radius 2 is 2.21 bits per heavy atom. The zero-order valence-corrected chi connectivity index (χ0v) is 11.8. The van der Waals surface area contributed by atoms with Gasteiger partial charge in [-0.05, 0) is 18.1 Å². The van der Waals surface area contributed by atoms with Crippen LogP contribution in [0.5, 0.6) is 5.75 Å². The van der Waals surface area contributed by atoms with Crippen LogP contribution in [0.1, 0.15) is 19.7 Å². The summed E-state index contributed by atoms with van der Waals surface area (Å²) in [7, 11) is 0. The highest BCUT2D eigenvalue weighted by Crippen LogP contribution is 2.30. The molecule has 0 saturated heterocycles. The number of nitrogen functional groups attached to an aromatic ring is 1. The Hall–Kier alpha value is -1.75. The van der Waals surface area contributed by atoms with Crippen LogP contribution in [-0.4, -0.2) is 14.8 Å². The van der Waals surface area contributed by atoms with Crippen molar-refractivity contribution in [1.82, 2.24) is 14.8 Å². The fourth-order valence-electron chi connectivity index (χ4n) is 1.71. The molecule has 0 aliphatic rings. The Balaban J connectivity index is 2.09. The molecule has 0 radical (unpaired) electrons. The van der Waals surface area contributed by atoms with E-state index in [1.54, 1.807) is 18.2 Å². The van der Waals surface area contributed by atoms with Gasteiger partial charge < -0.3 is 10.5 Å². The first-order valence-electron chi connectivity index (χ1n) is 6.11. The number of halogens is 1. The molecular formula is C13H17ClN4O. The van der Waals surface area contributed by atoms with E-state index in [0.717, 1.165) is 12.4 Å². The summed E-state index contributed by atoms with van der Waals surface area (Å²) in [6, 6.07) is 5.28. The van der Waals surface area contributed by atoms with Crippen LogP contribution in [0.2, 0.25) is 5.02 Å². The molecule has 0 fully saturated rings. The maximum Gasteiger partial charge on any atom is 0.164 e. The van der Waals surface area contributed by atoms with Crippen LogP contribution < -0.4 is 10.5 Å². The van der Waals surface area contributed by atoms with Crippen LogP contribution >= 0.6 is 11.6 Å². The van der Waals surface area contributed by atoms with Crippen molar-refractivity contribution >= 4 is 17.3 Å². The minimum atomic E-state index is 0.292. The maximum atomic E-state index is 6.05. The molecule has 0 saturated carbocycles. The minimum Gasteiger partial charge on any atom is -0.482 e. The second-order valence-corrected chi connectivity index (χ2v) is 5.11. The summed E-state index contributed by atoms with van der Waals surface area (Å²) >= 11 is 6.05. The molecule has 0 aliphatic carbocycles. The molecule has 102 valence electrons. The van der Waals surface area contributed by atoms with Gasteiger partial charge in [0, 0.05) is 6.54 Å². The van der Waals surface area contributed by atoms with Crippen molar-refractivity contribution in [3.8, 4) is 5.75 Å². The zero-order valence-electron chi connectivity index (χ0n) is 11.0. The molecule has 5 nitrogen and oxygen atoms in total. The highest BCUT2D eigenvalue weighted by molar-refractivity contribution is 6.32. The topological polar surface area (TPSA) is 66.0 Å². The van der Waals surface area contributed by atoms with Gasteiger partial charge >= 0.3 is 0 Å². The number of para-hydroxylation sites is 1. The molecule has 1 heterocycles. The van der Waals surface area contributed by atoms with Crippen molar-refractivity contribution in [2.75, 3.05) is 5.73 Å². The van der Waals surface area contributed by atoms with E-state index in [1.165, 1.54) is 6.33 Å². The van der Waals surface area contributed by atoms with Gasteiger partial charge in [0.2, 0.25) is 0 Å². The van der Waals surface area contributed by atoms with Crippen LogP contribution in [0.3, 0.4) is 0 Å². The molecule has 2 aromatic rings. The van der Waals surface area contributed by atoms with E-state index in [0.29, 0.717) is 29.0 Å². The molecule has 1 aromatic heterocycles. The van der Waals surface area contributed by atoms with Crippen molar-refractivity contribution in [2.45, 2.75) is 27.0 Å². The molecular weight excluding hydrogens is 264 g/mol. The summed E-state index contributed by atoms with van der Waals surface area (Å²) in [5.41, 5.74) is 6.34. The molecule has 0 spiro atoms. The molecule has 1 aromatic carbocycles. The Morgan fingerprint density at radius 1 is 1.42 bits per heavy atom. The van der Waals surface area contributed by atoms with Gasteiger partial charge in [0.05, 0.1) is 10.7 Å². The standard InChI is InChI=1S/C13H17ClN4O/c1-9(2)6-18-12(16-8-17-18)7-19-13-10(14)4-3-5-11(13)15/h3-5,8-9H,6-7,15H2,1-2H3. The van der Waals surface area contributed by atoms with Gasteiger partial charge in [-0.2, -0.15) is 5.10 Å². The van der Waals surface area contributed by atoms with Crippen LogP contribution in [0.4, 0.5) is 5.69 Å². The molecule has 2 N–H and O–H groups in total. The van der Waals surface area contributed by atoms with Crippen molar-refractivity contribution < 1.29 is 4.74 Å². The van der Waals surface area contributed by atoms with Crippen LogP contribution in [0, 0.1) is 5.92 Å². The number of ether oxygens (including phenoxy) is 1. The zero-order chi connectivity index (χ0) is 13.8. The van der Waals surface area contributed by atoms with Gasteiger partial charge in [0.15, 0.2) is 11.6 Å². The van der Waals surface area contributed by atoms with Gasteiger partial charge in [-0.3, -0.25) is 0 Å². The maximum absolute atomic E-state index is 6.05. The number of nitrogens with zero attached hydrogens (tertiary/aromatic N) is 3. The highest BCUT2D eigenvalue weighted by Gasteiger charge is 2.10. The predicted octanol–water partition coefficient (Wildman–Crippen LogP) is 2.75. The van der Waals surface area contributed by atoms with Gasteiger partial charge in [-0.15, -0.1) is 0 Å². The Kier molecular flexibility index (Phi) is 4.27. The molecule has 0 aliphatic heterocycles. The Morgan fingerprint density at radius 3 is 2.89 bits per heavy atom. The van der Waals surface area contributed by atoms with Gasteiger partial charge in [0.1, 0.15) is 12.9 Å². The van der Waals surface area contributed by atoms with Crippen molar-refractivity contribution in [2.24, 2.45) is 5.92 Å². The fourth-order valence-corrected chi connectivity index (χ4v) is 1.95. The van der Waals surface area contributed by atoms with E-state index >= 15 is 0 Å². The van der Waals surface area contributed by atoms with Crippen molar-refractivity contribution in [3.05, 3.63) is 35.4 Å².